The Bertz CT molecular complexity index is 1160. The van der Waals surface area contributed by atoms with Crippen molar-refractivity contribution in [2.45, 2.75) is 19.9 Å². The van der Waals surface area contributed by atoms with Crippen LogP contribution >= 0.6 is 0 Å². The van der Waals surface area contributed by atoms with E-state index in [1.807, 2.05) is 6.07 Å². The van der Waals surface area contributed by atoms with E-state index in [0.29, 0.717) is 13.0 Å². The lowest BCUT2D eigenvalue weighted by atomic mass is 10.1. The average molecular weight is 360 g/mol. The van der Waals surface area contributed by atoms with Gasteiger partial charge in [-0.15, -0.1) is 0 Å². The molecule has 3 aromatic carbocycles. The third-order valence-electron chi connectivity index (χ3n) is 4.97. The van der Waals surface area contributed by atoms with E-state index in [2.05, 4.69) is 54.2 Å². The predicted molar refractivity (Wildman–Crippen MR) is 107 cm³/mol. The molecule has 1 N–H and O–H groups in total. The van der Waals surface area contributed by atoms with E-state index in [1.165, 1.54) is 34.0 Å². The van der Waals surface area contributed by atoms with Crippen molar-refractivity contribution in [3.05, 3.63) is 83.2 Å². The number of halogens is 1. The molecule has 0 saturated heterocycles. The van der Waals surface area contributed by atoms with E-state index in [-0.39, 0.29) is 11.7 Å². The Balaban J connectivity index is 1.54. The Kier molecular flexibility index (Phi) is 4.40. The van der Waals surface area contributed by atoms with Crippen LogP contribution in [0, 0.1) is 12.7 Å². The van der Waals surface area contributed by atoms with Gasteiger partial charge in [0.05, 0.1) is 6.42 Å². The maximum Gasteiger partial charge on any atom is 0.224 e. The number of hydrogen-bond donors (Lipinski definition) is 1. The number of hydrogen-bond acceptors (Lipinski definition) is 1. The highest BCUT2D eigenvalue weighted by Gasteiger charge is 2.10. The molecular weight excluding hydrogens is 339 g/mol. The van der Waals surface area contributed by atoms with Crippen LogP contribution in [-0.2, 0) is 24.8 Å². The maximum absolute atomic E-state index is 13.2. The molecule has 0 radical (unpaired) electrons. The number of aromatic nitrogens is 1. The lowest BCUT2D eigenvalue weighted by Gasteiger charge is -2.06. The fourth-order valence-electron chi connectivity index (χ4n) is 3.56. The number of nitrogens with zero attached hydrogens (tertiary/aromatic N) is 1. The van der Waals surface area contributed by atoms with Gasteiger partial charge in [0.1, 0.15) is 5.82 Å². The van der Waals surface area contributed by atoms with E-state index in [9.17, 15) is 9.18 Å². The van der Waals surface area contributed by atoms with E-state index < -0.39 is 0 Å². The molecule has 27 heavy (non-hydrogen) atoms. The summed E-state index contributed by atoms with van der Waals surface area (Å²) in [4.78, 5) is 12.3. The van der Waals surface area contributed by atoms with Crippen molar-refractivity contribution in [1.29, 1.82) is 0 Å². The molecule has 1 aromatic heterocycles. The number of aryl methyl sites for hydroxylation is 2. The molecule has 136 valence electrons. The Morgan fingerprint density at radius 3 is 2.48 bits per heavy atom. The minimum Gasteiger partial charge on any atom is -0.352 e. The van der Waals surface area contributed by atoms with Gasteiger partial charge in [0.2, 0.25) is 5.91 Å². The van der Waals surface area contributed by atoms with Crippen LogP contribution in [0.5, 0.6) is 0 Å². The molecule has 4 aromatic rings. The maximum atomic E-state index is 13.2. The lowest BCUT2D eigenvalue weighted by Crippen LogP contribution is -2.24. The molecule has 4 rings (SSSR count). The van der Waals surface area contributed by atoms with Crippen LogP contribution in [0.2, 0.25) is 0 Å². The van der Waals surface area contributed by atoms with Gasteiger partial charge in [-0.3, -0.25) is 4.79 Å². The van der Waals surface area contributed by atoms with Gasteiger partial charge in [-0.25, -0.2) is 4.39 Å². The van der Waals surface area contributed by atoms with Crippen LogP contribution in [-0.4, -0.2) is 10.5 Å². The van der Waals surface area contributed by atoms with Gasteiger partial charge in [0.25, 0.3) is 0 Å². The summed E-state index contributed by atoms with van der Waals surface area (Å²) in [5, 5.41) is 5.27. The first-order valence-electron chi connectivity index (χ1n) is 9.00. The molecule has 0 saturated carbocycles. The van der Waals surface area contributed by atoms with Gasteiger partial charge in [-0.1, -0.05) is 36.4 Å². The van der Waals surface area contributed by atoms with Crippen LogP contribution in [0.15, 0.2) is 60.7 Å². The Hall–Kier alpha value is -3.14. The van der Waals surface area contributed by atoms with Gasteiger partial charge in [-0.05, 0) is 47.9 Å². The summed E-state index contributed by atoms with van der Waals surface area (Å²) < 4.78 is 15.4. The minimum atomic E-state index is -0.293. The molecule has 1 amide bonds. The highest BCUT2D eigenvalue weighted by Crippen LogP contribution is 2.29. The summed E-state index contributed by atoms with van der Waals surface area (Å²) in [5.74, 6) is -0.369. The molecule has 0 atom stereocenters. The van der Waals surface area contributed by atoms with Crippen LogP contribution in [0.1, 0.15) is 16.7 Å². The summed E-state index contributed by atoms with van der Waals surface area (Å²) in [6.45, 7) is 2.41. The highest BCUT2D eigenvalue weighted by molar-refractivity contribution is 6.08. The normalized spacial score (nSPS) is 11.2. The zero-order valence-corrected chi connectivity index (χ0v) is 15.4. The quantitative estimate of drug-likeness (QED) is 0.565. The molecule has 4 heteroatoms. The number of rotatable bonds is 4. The minimum absolute atomic E-state index is 0.0757. The largest absolute Gasteiger partial charge is 0.352 e. The first-order valence-corrected chi connectivity index (χ1v) is 9.00. The monoisotopic (exact) mass is 360 g/mol. The molecule has 0 spiro atoms. The van der Waals surface area contributed by atoms with Gasteiger partial charge < -0.3 is 9.88 Å². The van der Waals surface area contributed by atoms with Gasteiger partial charge in [-0.2, -0.15) is 0 Å². The van der Waals surface area contributed by atoms with Crippen LogP contribution in [0.4, 0.5) is 4.39 Å². The summed E-state index contributed by atoms with van der Waals surface area (Å²) in [7, 11) is 2.05. The molecule has 0 aliphatic carbocycles. The number of carbonyl (C=O) groups is 1. The number of carbonyl (C=O) groups excluding carboxylic acids is 1. The van der Waals surface area contributed by atoms with Crippen molar-refractivity contribution in [3.8, 4) is 0 Å². The van der Waals surface area contributed by atoms with Crippen molar-refractivity contribution in [2.75, 3.05) is 0 Å². The van der Waals surface area contributed by atoms with Crippen LogP contribution < -0.4 is 5.32 Å². The van der Waals surface area contributed by atoms with E-state index >= 15 is 0 Å². The van der Waals surface area contributed by atoms with Crippen molar-refractivity contribution in [3.63, 3.8) is 0 Å². The van der Waals surface area contributed by atoms with Crippen molar-refractivity contribution in [2.24, 2.45) is 7.05 Å². The van der Waals surface area contributed by atoms with E-state index in [0.717, 1.165) is 16.6 Å². The van der Waals surface area contributed by atoms with E-state index in [1.54, 1.807) is 12.1 Å². The molecule has 0 unspecified atom stereocenters. The molecule has 0 aliphatic heterocycles. The smallest absolute Gasteiger partial charge is 0.224 e. The first kappa shape index (κ1) is 17.3. The summed E-state index contributed by atoms with van der Waals surface area (Å²) >= 11 is 0. The van der Waals surface area contributed by atoms with Crippen LogP contribution in [0.3, 0.4) is 0 Å². The number of amides is 1. The molecule has 1 heterocycles. The topological polar surface area (TPSA) is 34.0 Å². The third kappa shape index (κ3) is 3.43. The molecule has 0 bridgehead atoms. The molecular formula is C23H21FN2O. The zero-order chi connectivity index (χ0) is 19.0. The second kappa shape index (κ2) is 6.88. The van der Waals surface area contributed by atoms with Gasteiger partial charge in [0, 0.05) is 35.4 Å². The number of benzene rings is 3. The molecule has 0 fully saturated rings. The van der Waals surface area contributed by atoms with Crippen molar-refractivity contribution < 1.29 is 9.18 Å². The molecule has 3 nitrogen and oxygen atoms in total. The predicted octanol–water partition coefficient (Wildman–Crippen LogP) is 4.64. The molecule has 0 aliphatic rings. The SMILES string of the molecule is Cc1ccc2c3ccc(CC(=O)NCc4cccc(F)c4)cc3n(C)c2c1. The standard InChI is InChI=1S/C23H21FN2O/c1-15-6-8-19-20-9-7-16(12-22(20)26(2)21(19)10-15)13-23(27)25-14-17-4-3-5-18(24)11-17/h3-12H,13-14H2,1-2H3,(H,25,27). The summed E-state index contributed by atoms with van der Waals surface area (Å²) in [6.07, 6.45) is 0.297. The van der Waals surface area contributed by atoms with Gasteiger partial charge >= 0.3 is 0 Å². The Morgan fingerprint density at radius 1 is 0.963 bits per heavy atom. The second-order valence-electron chi connectivity index (χ2n) is 7.01. The lowest BCUT2D eigenvalue weighted by molar-refractivity contribution is -0.120. The Morgan fingerprint density at radius 2 is 1.70 bits per heavy atom. The second-order valence-corrected chi connectivity index (χ2v) is 7.01. The number of fused-ring (bicyclic) bond motifs is 3. The number of nitrogens with one attached hydrogen (secondary N) is 1. The van der Waals surface area contributed by atoms with Crippen molar-refractivity contribution >= 4 is 27.7 Å². The fraction of sp³-hybridized carbons (Fsp3) is 0.174. The van der Waals surface area contributed by atoms with Crippen LogP contribution in [0.25, 0.3) is 21.8 Å². The highest BCUT2D eigenvalue weighted by atomic mass is 19.1. The third-order valence-corrected chi connectivity index (χ3v) is 4.97. The fourth-order valence-corrected chi connectivity index (χ4v) is 3.56. The summed E-state index contributed by atoms with van der Waals surface area (Å²) in [6, 6.07) is 18.9. The zero-order valence-electron chi connectivity index (χ0n) is 15.4. The average Bonchev–Trinajstić information content (AvgIpc) is 2.92. The summed E-state index contributed by atoms with van der Waals surface area (Å²) in [5.41, 5.74) is 5.25. The van der Waals surface area contributed by atoms with Crippen molar-refractivity contribution in [1.82, 2.24) is 9.88 Å². The first-order chi connectivity index (χ1) is 13.0. The van der Waals surface area contributed by atoms with E-state index in [4.69, 9.17) is 0 Å². The Labute approximate surface area is 157 Å². The van der Waals surface area contributed by atoms with Gasteiger partial charge in [0.15, 0.2) is 0 Å².